The van der Waals surface area contributed by atoms with Crippen LogP contribution >= 0.6 is 0 Å². The predicted molar refractivity (Wildman–Crippen MR) is 316 cm³/mol. The maximum atomic E-state index is 5.52. The van der Waals surface area contributed by atoms with E-state index in [4.69, 9.17) is 30.0 Å². The molecule has 10 aromatic rings. The van der Waals surface area contributed by atoms with Crippen molar-refractivity contribution in [3.05, 3.63) is 179 Å². The van der Waals surface area contributed by atoms with Crippen molar-refractivity contribution >= 4 is 99.6 Å². The lowest BCUT2D eigenvalue weighted by molar-refractivity contribution is 0.584. The second-order valence-electron chi connectivity index (χ2n) is 15.2. The van der Waals surface area contributed by atoms with E-state index >= 15 is 0 Å². The molecule has 0 unspecified atom stereocenters. The van der Waals surface area contributed by atoms with Gasteiger partial charge in [0.05, 0.1) is 0 Å². The Labute approximate surface area is 428 Å². The maximum Gasteiger partial charge on any atom is 0.164 e. The molecule has 2 aromatic heterocycles. The van der Waals surface area contributed by atoms with Gasteiger partial charge >= 0.3 is 0 Å². The van der Waals surface area contributed by atoms with E-state index in [1.807, 2.05) is 55.4 Å². The summed E-state index contributed by atoms with van der Waals surface area (Å²) < 4.78 is 4.44. The van der Waals surface area contributed by atoms with E-state index in [9.17, 15) is 0 Å². The average Bonchev–Trinajstić information content (AvgIpc) is 4.16. The lowest BCUT2D eigenvalue weighted by atomic mass is 10.0. The van der Waals surface area contributed by atoms with Crippen molar-refractivity contribution in [1.29, 1.82) is 0 Å². The van der Waals surface area contributed by atoms with E-state index in [0.29, 0.717) is 30.0 Å². The largest absolute Gasteiger partial charge is 0.333 e. The number of benzene rings is 8. The Morgan fingerprint density at radius 1 is 0.288 bits per heavy atom. The zero-order chi connectivity index (χ0) is 52.9. The van der Waals surface area contributed by atoms with Crippen LogP contribution in [0.3, 0.4) is 0 Å². The minimum Gasteiger partial charge on any atom is -0.333 e. The van der Waals surface area contributed by atoms with Crippen LogP contribution in [0.4, 0.5) is 11.6 Å². The van der Waals surface area contributed by atoms with Gasteiger partial charge in [-0.05, 0) is 120 Å². The fourth-order valence-corrected chi connectivity index (χ4v) is 9.30. The number of amidine groups is 4. The zero-order valence-electron chi connectivity index (χ0n) is 44.5. The van der Waals surface area contributed by atoms with E-state index in [0.717, 1.165) is 109 Å². The molecule has 374 valence electrons. The van der Waals surface area contributed by atoms with E-state index in [2.05, 4.69) is 178 Å². The predicted octanol–water partition coefficient (Wildman–Crippen LogP) is 12.1. The molecule has 0 amide bonds. The van der Waals surface area contributed by atoms with Crippen molar-refractivity contribution in [2.45, 2.75) is 62.1 Å². The van der Waals surface area contributed by atoms with E-state index < -0.39 is 0 Å². The number of fused-ring (bicyclic) bond motifs is 18. The van der Waals surface area contributed by atoms with Crippen LogP contribution < -0.4 is 33.9 Å². The number of nitrogens with two attached hydrogens (primary N) is 4. The molecule has 0 saturated heterocycles. The van der Waals surface area contributed by atoms with Crippen molar-refractivity contribution < 1.29 is 0 Å². The van der Waals surface area contributed by atoms with E-state index in [-0.39, 0.29) is 0 Å². The Morgan fingerprint density at radius 2 is 0.521 bits per heavy atom. The fourth-order valence-electron chi connectivity index (χ4n) is 9.30. The first-order chi connectivity index (χ1) is 36.2. The van der Waals surface area contributed by atoms with Gasteiger partial charge in [0.1, 0.15) is 29.3 Å². The molecule has 8 aromatic carbocycles. The summed E-state index contributed by atoms with van der Waals surface area (Å²) in [5.74, 6) is 4.08. The lowest BCUT2D eigenvalue weighted by Gasteiger charge is -2.12. The highest BCUT2D eigenvalue weighted by atomic mass is 15.3. The fraction of sp³-hybridized carbons (Fsp3) is 0.213. The van der Waals surface area contributed by atoms with Crippen LogP contribution in [0.5, 0.6) is 0 Å². The Morgan fingerprint density at radius 3 is 0.795 bits per heavy atom. The van der Waals surface area contributed by atoms with Crippen molar-refractivity contribution in [3.63, 3.8) is 0 Å². The molecule has 4 aliphatic heterocycles. The van der Waals surface area contributed by atoms with Gasteiger partial charge in [0.25, 0.3) is 0 Å². The Hall–Kier alpha value is -8.00. The summed E-state index contributed by atoms with van der Waals surface area (Å²) in [5, 5.41) is 13.0. The van der Waals surface area contributed by atoms with Crippen LogP contribution in [0.25, 0.3) is 64.6 Å². The molecule has 0 fully saturated rings. The third-order valence-corrected chi connectivity index (χ3v) is 12.0. The van der Waals surface area contributed by atoms with Gasteiger partial charge in [-0.25, -0.2) is 30.0 Å². The molecule has 14 rings (SSSR count). The molecular formula is C61H70N12. The van der Waals surface area contributed by atoms with Crippen molar-refractivity contribution in [2.24, 2.45) is 52.9 Å². The molecule has 0 atom stereocenters. The van der Waals surface area contributed by atoms with Gasteiger partial charge in [0.2, 0.25) is 0 Å². The maximum absolute atomic E-state index is 5.52. The van der Waals surface area contributed by atoms with Gasteiger partial charge in [0, 0.05) is 43.8 Å². The summed E-state index contributed by atoms with van der Waals surface area (Å²) in [5.41, 5.74) is 23.4. The van der Waals surface area contributed by atoms with Crippen molar-refractivity contribution in [1.82, 2.24) is 9.13 Å². The average molecular weight is 971 g/mol. The summed E-state index contributed by atoms with van der Waals surface area (Å²) in [6.45, 7) is 16.4. The van der Waals surface area contributed by atoms with Crippen LogP contribution in [0, 0.1) is 0 Å². The zero-order valence-corrected chi connectivity index (χ0v) is 44.5. The highest BCUT2D eigenvalue weighted by Crippen LogP contribution is 2.43. The van der Waals surface area contributed by atoms with Gasteiger partial charge in [0.15, 0.2) is 23.3 Å². The summed E-state index contributed by atoms with van der Waals surface area (Å²) in [4.78, 5) is 32.6. The third-order valence-electron chi connectivity index (χ3n) is 12.0. The van der Waals surface area contributed by atoms with Gasteiger partial charge in [-0.1, -0.05) is 152 Å². The minimum atomic E-state index is 0.364. The van der Waals surface area contributed by atoms with Gasteiger partial charge in [-0.3, -0.25) is 9.13 Å². The first-order valence-electron chi connectivity index (χ1n) is 25.4. The molecule has 6 heterocycles. The van der Waals surface area contributed by atoms with Crippen LogP contribution in [-0.4, -0.2) is 60.7 Å². The molecule has 0 saturated carbocycles. The SMILES string of the molecule is CC.CC.CC.CC.CN.CN.CN.CN.c1ccc2cc3c(cc2c1)C1=NC3=Nc2c3cc4ccccc4cc3c3n2Cn2c(c4cc5ccccc5cc4c2=NC2=NC(=N3)c3cc4ccccc4cc32)=N1. The van der Waals surface area contributed by atoms with Gasteiger partial charge in [-0.2, -0.15) is 0 Å². The minimum absolute atomic E-state index is 0.364. The molecule has 8 N–H and O–H groups in total. The summed E-state index contributed by atoms with van der Waals surface area (Å²) in [6.07, 6.45) is 0. The highest BCUT2D eigenvalue weighted by molar-refractivity contribution is 6.27. The number of hydrogen-bond donors (Lipinski definition) is 4. The Kier molecular flexibility index (Phi) is 18.5. The quantitative estimate of drug-likeness (QED) is 0.118. The van der Waals surface area contributed by atoms with E-state index in [1.165, 1.54) is 28.2 Å². The number of aromatic nitrogens is 2. The summed E-state index contributed by atoms with van der Waals surface area (Å²) in [7, 11) is 6.00. The number of hydrogen-bond acceptors (Lipinski definition) is 10. The third kappa shape index (κ3) is 9.61. The number of aliphatic imine (C=N–C) groups is 4. The van der Waals surface area contributed by atoms with Gasteiger partial charge in [-0.15, -0.1) is 0 Å². The monoisotopic (exact) mass is 971 g/mol. The molecular weight excluding hydrogens is 901 g/mol. The molecule has 12 nitrogen and oxygen atoms in total. The molecule has 0 aliphatic carbocycles. The molecule has 12 heteroatoms. The first kappa shape index (κ1) is 54.3. The molecule has 0 radical (unpaired) electrons. The topological polar surface area (TPSA) is 188 Å². The highest BCUT2D eigenvalue weighted by Gasteiger charge is 2.30. The normalized spacial score (nSPS) is 12.3. The van der Waals surface area contributed by atoms with Crippen molar-refractivity contribution in [2.75, 3.05) is 28.2 Å². The lowest BCUT2D eigenvalue weighted by Crippen LogP contribution is -2.32. The second kappa shape index (κ2) is 24.9. The molecule has 4 aliphatic rings. The Balaban J connectivity index is 0.000000500. The first-order valence-corrected chi connectivity index (χ1v) is 25.4. The summed E-state index contributed by atoms with van der Waals surface area (Å²) in [6, 6.07) is 51.6. The van der Waals surface area contributed by atoms with E-state index in [1.54, 1.807) is 0 Å². The molecule has 0 spiro atoms. The summed E-state index contributed by atoms with van der Waals surface area (Å²) >= 11 is 0. The molecule has 73 heavy (non-hydrogen) atoms. The smallest absolute Gasteiger partial charge is 0.164 e. The number of nitrogens with zero attached hydrogens (tertiary/aromatic N) is 8. The van der Waals surface area contributed by atoms with Crippen LogP contribution in [-0.2, 0) is 6.67 Å². The molecule has 6 bridgehead atoms. The van der Waals surface area contributed by atoms with Crippen LogP contribution in [0.2, 0.25) is 0 Å². The van der Waals surface area contributed by atoms with Gasteiger partial charge < -0.3 is 22.9 Å². The van der Waals surface area contributed by atoms with Crippen LogP contribution in [0.1, 0.15) is 77.6 Å². The number of rotatable bonds is 0. The van der Waals surface area contributed by atoms with Crippen molar-refractivity contribution in [3.8, 4) is 0 Å². The Bertz CT molecular complexity index is 3610. The van der Waals surface area contributed by atoms with Crippen LogP contribution in [0.15, 0.2) is 176 Å². The second-order valence-corrected chi connectivity index (χ2v) is 15.2. The standard InChI is InChI=1S/C49H26N8.4C2H6.4CH5N/c1-2-10-27-18-35-34(17-26(27)9-1)42-50-43(35)53-47-40-23-32-15-7-8-16-33(32)24-41(40)49-55-45-37-20-29-12-4-3-11-28(29)19-36(37)44(51-45)54-48-39-22-31-14-6-5-13-30(31)21-38(39)46(52-42)56(48)25-57(47)49;8*1-2/h1-24H,25H2;4*1-2H3;4*2H2,1H3.